The molecule has 1 rings (SSSR count). The Labute approximate surface area is 104 Å². The van der Waals surface area contributed by atoms with Gasteiger partial charge < -0.3 is 5.32 Å². The van der Waals surface area contributed by atoms with Gasteiger partial charge in [0, 0.05) is 13.1 Å². The van der Waals surface area contributed by atoms with Crippen LogP contribution in [0.5, 0.6) is 0 Å². The van der Waals surface area contributed by atoms with Crippen LogP contribution in [-0.4, -0.2) is 29.9 Å². The first-order valence-electron chi connectivity index (χ1n) is 6.54. The summed E-state index contributed by atoms with van der Waals surface area (Å²) >= 11 is 0. The van der Waals surface area contributed by atoms with Crippen LogP contribution < -0.4 is 5.32 Å². The maximum Gasteiger partial charge on any atom is 0.324 e. The van der Waals surface area contributed by atoms with E-state index >= 15 is 0 Å². The number of rotatable bonds is 4. The van der Waals surface area contributed by atoms with Crippen LogP contribution >= 0.6 is 0 Å². The first-order valence-corrected chi connectivity index (χ1v) is 6.54. The largest absolute Gasteiger partial charge is 0.338 e. The van der Waals surface area contributed by atoms with E-state index in [1.807, 2.05) is 0 Å². The van der Waals surface area contributed by atoms with Gasteiger partial charge in [0.15, 0.2) is 0 Å². The minimum Gasteiger partial charge on any atom is -0.338 e. The number of nitrogens with zero attached hydrogens (tertiary/aromatic N) is 1. The summed E-state index contributed by atoms with van der Waals surface area (Å²) in [6, 6.07) is -0.239. The minimum atomic E-state index is -0.239. The predicted molar refractivity (Wildman–Crippen MR) is 67.3 cm³/mol. The third-order valence-electron chi connectivity index (χ3n) is 2.90. The van der Waals surface area contributed by atoms with Crippen molar-refractivity contribution in [2.45, 2.75) is 46.0 Å². The molecule has 4 nitrogen and oxygen atoms in total. The second-order valence-electron chi connectivity index (χ2n) is 4.96. The lowest BCUT2D eigenvalue weighted by Gasteiger charge is -2.19. The Morgan fingerprint density at radius 1 is 1.47 bits per heavy atom. The van der Waals surface area contributed by atoms with Gasteiger partial charge in [0.1, 0.15) is 0 Å². The molecule has 0 aromatic heterocycles. The van der Waals surface area contributed by atoms with E-state index in [0.29, 0.717) is 19.0 Å². The second kappa shape index (κ2) is 7.30. The van der Waals surface area contributed by atoms with Crippen molar-refractivity contribution >= 4 is 11.9 Å². The smallest absolute Gasteiger partial charge is 0.324 e. The van der Waals surface area contributed by atoms with Crippen LogP contribution in [0.25, 0.3) is 0 Å². The molecule has 4 heteroatoms. The maximum absolute atomic E-state index is 11.8. The molecule has 0 aromatic carbocycles. The number of hydrogen-bond donors (Lipinski definition) is 1. The van der Waals surface area contributed by atoms with Crippen LogP contribution in [0.4, 0.5) is 4.79 Å². The first-order chi connectivity index (χ1) is 8.11. The van der Waals surface area contributed by atoms with Gasteiger partial charge in [-0.1, -0.05) is 20.3 Å². The van der Waals surface area contributed by atoms with E-state index in [4.69, 9.17) is 0 Å². The highest BCUT2D eigenvalue weighted by molar-refractivity contribution is 5.98. The molecule has 0 aliphatic carbocycles. The van der Waals surface area contributed by atoms with Crippen molar-refractivity contribution in [3.8, 4) is 0 Å². The second-order valence-corrected chi connectivity index (χ2v) is 4.96. The van der Waals surface area contributed by atoms with Crippen molar-refractivity contribution in [2.75, 3.05) is 13.1 Å². The van der Waals surface area contributed by atoms with E-state index < -0.39 is 0 Å². The molecule has 1 aliphatic rings. The Kier molecular flexibility index (Phi) is 6.01. The molecule has 3 amide bonds. The summed E-state index contributed by atoms with van der Waals surface area (Å²) in [5.41, 5.74) is 0. The molecular weight excluding hydrogens is 216 g/mol. The molecular formula is C13H23N2O2. The Balaban J connectivity index is 2.27. The highest BCUT2D eigenvalue weighted by atomic mass is 16.2. The molecule has 17 heavy (non-hydrogen) atoms. The molecule has 97 valence electrons. The third-order valence-corrected chi connectivity index (χ3v) is 2.90. The normalized spacial score (nSPS) is 17.1. The summed E-state index contributed by atoms with van der Waals surface area (Å²) < 4.78 is 0. The van der Waals surface area contributed by atoms with Crippen molar-refractivity contribution < 1.29 is 9.59 Å². The zero-order chi connectivity index (χ0) is 12.7. The molecule has 0 saturated carbocycles. The lowest BCUT2D eigenvalue weighted by atomic mass is 10.1. The fourth-order valence-corrected chi connectivity index (χ4v) is 1.86. The van der Waals surface area contributed by atoms with E-state index in [9.17, 15) is 9.59 Å². The minimum absolute atomic E-state index is 0.149. The molecule has 0 spiro atoms. The van der Waals surface area contributed by atoms with Crippen LogP contribution in [0.1, 0.15) is 46.0 Å². The van der Waals surface area contributed by atoms with Crippen molar-refractivity contribution in [3.63, 3.8) is 0 Å². The van der Waals surface area contributed by atoms with Crippen molar-refractivity contribution in [3.05, 3.63) is 6.42 Å². The molecule has 1 N–H and O–H groups in total. The molecule has 0 atom stereocenters. The van der Waals surface area contributed by atoms with Gasteiger partial charge in [-0.25, -0.2) is 4.79 Å². The van der Waals surface area contributed by atoms with Crippen LogP contribution in [0.3, 0.4) is 0 Å². The van der Waals surface area contributed by atoms with Crippen molar-refractivity contribution in [1.82, 2.24) is 10.2 Å². The number of urea groups is 1. The van der Waals surface area contributed by atoms with E-state index in [2.05, 4.69) is 19.2 Å². The number of carbonyl (C=O) groups is 2. The summed E-state index contributed by atoms with van der Waals surface area (Å²) in [5.74, 6) is 0.504. The fraction of sp³-hybridized carbons (Fsp3) is 0.769. The topological polar surface area (TPSA) is 49.4 Å². The van der Waals surface area contributed by atoms with Crippen molar-refractivity contribution in [2.24, 2.45) is 5.92 Å². The number of likely N-dealkylation sites (tertiary alicyclic amines) is 1. The Morgan fingerprint density at radius 3 is 2.94 bits per heavy atom. The van der Waals surface area contributed by atoms with Crippen molar-refractivity contribution in [1.29, 1.82) is 0 Å². The molecule has 1 heterocycles. The average molecular weight is 239 g/mol. The zero-order valence-electron chi connectivity index (χ0n) is 10.9. The summed E-state index contributed by atoms with van der Waals surface area (Å²) in [4.78, 5) is 24.7. The number of amides is 3. The summed E-state index contributed by atoms with van der Waals surface area (Å²) in [6.45, 7) is 5.52. The van der Waals surface area contributed by atoms with E-state index in [0.717, 1.165) is 32.1 Å². The van der Waals surface area contributed by atoms with Gasteiger partial charge in [-0.15, -0.1) is 0 Å². The fourth-order valence-electron chi connectivity index (χ4n) is 1.86. The zero-order valence-corrected chi connectivity index (χ0v) is 10.9. The van der Waals surface area contributed by atoms with E-state index in [1.54, 1.807) is 6.42 Å². The van der Waals surface area contributed by atoms with Crippen LogP contribution in [0.15, 0.2) is 0 Å². The predicted octanol–water partition coefficient (Wildman–Crippen LogP) is 2.35. The Bertz CT molecular complexity index is 264. The lowest BCUT2D eigenvalue weighted by Crippen LogP contribution is -2.44. The quantitative estimate of drug-likeness (QED) is 0.766. The summed E-state index contributed by atoms with van der Waals surface area (Å²) in [7, 11) is 0. The maximum atomic E-state index is 11.8. The number of hydrogen-bond acceptors (Lipinski definition) is 2. The monoisotopic (exact) mass is 239 g/mol. The van der Waals surface area contributed by atoms with Gasteiger partial charge in [0.25, 0.3) is 0 Å². The first kappa shape index (κ1) is 14.0. The molecule has 1 aliphatic heterocycles. The lowest BCUT2D eigenvalue weighted by molar-refractivity contribution is -0.124. The molecule has 1 saturated heterocycles. The molecule has 0 bridgehead atoms. The highest BCUT2D eigenvalue weighted by Gasteiger charge is 2.22. The molecule has 1 fully saturated rings. The third kappa shape index (κ3) is 5.20. The van der Waals surface area contributed by atoms with Crippen LogP contribution in [0, 0.1) is 12.3 Å². The van der Waals surface area contributed by atoms with Gasteiger partial charge in [0.05, 0.1) is 6.42 Å². The number of carbonyl (C=O) groups excluding carboxylic acids is 2. The number of nitrogens with one attached hydrogen (secondary N) is 1. The van der Waals surface area contributed by atoms with Crippen LogP contribution in [-0.2, 0) is 4.79 Å². The summed E-state index contributed by atoms with van der Waals surface area (Å²) in [6.07, 6.45) is 6.36. The highest BCUT2D eigenvalue weighted by Crippen LogP contribution is 2.10. The Morgan fingerprint density at radius 2 is 2.24 bits per heavy atom. The number of imide groups is 1. The van der Waals surface area contributed by atoms with E-state index in [-0.39, 0.29) is 11.9 Å². The SMILES string of the molecule is CC(C)CCCNC(=O)N1CCCC[CH]C1=O. The molecule has 0 unspecified atom stereocenters. The van der Waals surface area contributed by atoms with Crippen LogP contribution in [0.2, 0.25) is 0 Å². The summed E-state index contributed by atoms with van der Waals surface area (Å²) in [5, 5.41) is 2.81. The Hall–Kier alpha value is -1.06. The van der Waals surface area contributed by atoms with Gasteiger partial charge in [-0.05, 0) is 31.6 Å². The van der Waals surface area contributed by atoms with Gasteiger partial charge in [-0.3, -0.25) is 9.69 Å². The average Bonchev–Trinajstić information content (AvgIpc) is 2.48. The molecule has 1 radical (unpaired) electrons. The van der Waals surface area contributed by atoms with Gasteiger partial charge in [-0.2, -0.15) is 0 Å². The van der Waals surface area contributed by atoms with Gasteiger partial charge in [0.2, 0.25) is 5.91 Å². The standard InChI is InChI=1S/C13H23N2O2/c1-11(2)7-6-9-14-13(17)15-10-5-3-4-8-12(15)16/h8,11H,3-7,9-10H2,1-2H3,(H,14,17). The van der Waals surface area contributed by atoms with Gasteiger partial charge >= 0.3 is 6.03 Å². The molecule has 0 aromatic rings. The van der Waals surface area contributed by atoms with E-state index in [1.165, 1.54) is 4.90 Å².